The number of thiocarbonyl (C=S) groups is 1. The van der Waals surface area contributed by atoms with E-state index in [1.807, 2.05) is 0 Å². The Hall–Kier alpha value is -2.09. The van der Waals surface area contributed by atoms with Crippen LogP contribution in [0.2, 0.25) is 0 Å². The third-order valence-corrected chi connectivity index (χ3v) is 2.92. The number of nitrogens with two attached hydrogens (primary N) is 1. The Morgan fingerprint density at radius 1 is 1.30 bits per heavy atom. The number of anilines is 2. The lowest BCUT2D eigenvalue weighted by molar-refractivity contribution is 0.448. The van der Waals surface area contributed by atoms with Gasteiger partial charge in [0.05, 0.1) is 11.3 Å². The first-order chi connectivity index (χ1) is 9.31. The largest absolute Gasteiger partial charge is 0.389 e. The van der Waals surface area contributed by atoms with Crippen LogP contribution >= 0.6 is 12.2 Å². The van der Waals surface area contributed by atoms with Crippen molar-refractivity contribution in [2.24, 2.45) is 12.8 Å². The normalized spacial score (nSPS) is 10.7. The van der Waals surface area contributed by atoms with E-state index in [0.29, 0.717) is 17.1 Å². The van der Waals surface area contributed by atoms with Crippen LogP contribution in [0.25, 0.3) is 0 Å². The molecular weight excluding hydrogens is 289 g/mol. The van der Waals surface area contributed by atoms with Crippen LogP contribution < -0.4 is 11.1 Å². The summed E-state index contributed by atoms with van der Waals surface area (Å²) in [5.74, 6) is -3.72. The zero-order chi connectivity index (χ0) is 15.0. The number of nitrogens with zero attached hydrogens (tertiary/aromatic N) is 2. The molecule has 0 aliphatic rings. The van der Waals surface area contributed by atoms with Gasteiger partial charge in [0.1, 0.15) is 10.8 Å². The number of aryl methyl sites for hydroxylation is 2. The molecule has 0 radical (unpaired) electrons. The molecule has 0 fully saturated rings. The molecule has 3 N–H and O–H groups in total. The zero-order valence-electron chi connectivity index (χ0n) is 10.7. The smallest absolute Gasteiger partial charge is 0.194 e. The summed E-state index contributed by atoms with van der Waals surface area (Å²) in [6.07, 6.45) is 0. The second-order valence-electron chi connectivity index (χ2n) is 4.18. The highest BCUT2D eigenvalue weighted by molar-refractivity contribution is 7.80. The predicted octanol–water partition coefficient (Wildman–Crippen LogP) is 2.52. The minimum atomic E-state index is -1.52. The Labute approximate surface area is 118 Å². The van der Waals surface area contributed by atoms with E-state index in [1.165, 1.54) is 4.68 Å². The van der Waals surface area contributed by atoms with Crippen molar-refractivity contribution in [2.75, 3.05) is 5.32 Å². The van der Waals surface area contributed by atoms with E-state index in [-0.39, 0.29) is 10.7 Å². The van der Waals surface area contributed by atoms with Crippen molar-refractivity contribution in [2.45, 2.75) is 6.92 Å². The van der Waals surface area contributed by atoms with E-state index in [0.717, 1.165) is 12.1 Å². The first kappa shape index (κ1) is 14.3. The van der Waals surface area contributed by atoms with Crippen molar-refractivity contribution in [3.05, 3.63) is 40.8 Å². The summed E-state index contributed by atoms with van der Waals surface area (Å²) in [5, 5.41) is 6.85. The van der Waals surface area contributed by atoms with Crippen LogP contribution in [-0.4, -0.2) is 14.8 Å². The van der Waals surface area contributed by atoms with Gasteiger partial charge in [0, 0.05) is 24.9 Å². The van der Waals surface area contributed by atoms with Crippen molar-refractivity contribution in [3.63, 3.8) is 0 Å². The maximum absolute atomic E-state index is 13.2. The molecule has 2 rings (SSSR count). The van der Waals surface area contributed by atoms with Gasteiger partial charge in [-0.05, 0) is 6.92 Å². The highest BCUT2D eigenvalue weighted by atomic mass is 32.1. The third kappa shape index (κ3) is 2.46. The highest BCUT2D eigenvalue weighted by Crippen LogP contribution is 2.25. The van der Waals surface area contributed by atoms with E-state index < -0.39 is 17.5 Å². The fraction of sp³-hybridized carbons (Fsp3) is 0.167. The van der Waals surface area contributed by atoms with E-state index >= 15 is 0 Å². The van der Waals surface area contributed by atoms with Gasteiger partial charge in [0.15, 0.2) is 17.5 Å². The fourth-order valence-corrected chi connectivity index (χ4v) is 2.11. The maximum atomic E-state index is 13.2. The Kier molecular flexibility index (Phi) is 3.67. The molecular formula is C12H11F3N4S. The number of rotatable bonds is 3. The number of hydrogen-bond acceptors (Lipinski definition) is 3. The number of halogens is 3. The highest BCUT2D eigenvalue weighted by Gasteiger charge is 2.17. The Morgan fingerprint density at radius 3 is 2.35 bits per heavy atom. The first-order valence-corrected chi connectivity index (χ1v) is 5.97. The van der Waals surface area contributed by atoms with E-state index in [2.05, 4.69) is 10.4 Å². The summed E-state index contributed by atoms with van der Waals surface area (Å²) in [4.78, 5) is 0.0983. The zero-order valence-corrected chi connectivity index (χ0v) is 11.5. The van der Waals surface area contributed by atoms with Gasteiger partial charge in [0.25, 0.3) is 0 Å². The van der Waals surface area contributed by atoms with Crippen LogP contribution in [0.5, 0.6) is 0 Å². The summed E-state index contributed by atoms with van der Waals surface area (Å²) in [6.45, 7) is 1.70. The SMILES string of the molecule is Cc1nn(C)c(Nc2cc(F)c(F)c(F)c2)c1C(N)=S. The number of benzene rings is 1. The lowest BCUT2D eigenvalue weighted by Gasteiger charge is -2.10. The van der Waals surface area contributed by atoms with Crippen LogP contribution in [0, 0.1) is 24.4 Å². The minimum absolute atomic E-state index is 0.0295. The molecule has 0 aliphatic carbocycles. The molecule has 0 saturated carbocycles. The molecule has 1 heterocycles. The van der Waals surface area contributed by atoms with E-state index in [4.69, 9.17) is 18.0 Å². The molecule has 1 aromatic heterocycles. The fourth-order valence-electron chi connectivity index (χ4n) is 1.86. The van der Waals surface area contributed by atoms with E-state index in [1.54, 1.807) is 14.0 Å². The van der Waals surface area contributed by atoms with Gasteiger partial charge in [-0.1, -0.05) is 12.2 Å². The molecule has 0 atom stereocenters. The number of hydrogen-bond donors (Lipinski definition) is 2. The lowest BCUT2D eigenvalue weighted by Crippen LogP contribution is -2.13. The average molecular weight is 300 g/mol. The van der Waals surface area contributed by atoms with Gasteiger partial charge in [0.2, 0.25) is 0 Å². The molecule has 20 heavy (non-hydrogen) atoms. The second-order valence-corrected chi connectivity index (χ2v) is 4.62. The number of aromatic nitrogens is 2. The minimum Gasteiger partial charge on any atom is -0.389 e. The second kappa shape index (κ2) is 5.12. The maximum Gasteiger partial charge on any atom is 0.194 e. The molecule has 8 heteroatoms. The van der Waals surface area contributed by atoms with Crippen LogP contribution in [0.1, 0.15) is 11.3 Å². The van der Waals surface area contributed by atoms with Crippen molar-refractivity contribution >= 4 is 28.7 Å². The molecule has 106 valence electrons. The van der Waals surface area contributed by atoms with Gasteiger partial charge in [-0.25, -0.2) is 13.2 Å². The first-order valence-electron chi connectivity index (χ1n) is 5.56. The topological polar surface area (TPSA) is 55.9 Å². The van der Waals surface area contributed by atoms with Crippen molar-refractivity contribution in [1.29, 1.82) is 0 Å². The molecule has 0 unspecified atom stereocenters. The monoisotopic (exact) mass is 300 g/mol. The molecule has 1 aromatic carbocycles. The summed E-state index contributed by atoms with van der Waals surface area (Å²) in [6, 6.07) is 1.67. The van der Waals surface area contributed by atoms with Gasteiger partial charge in [-0.15, -0.1) is 0 Å². The van der Waals surface area contributed by atoms with Gasteiger partial charge < -0.3 is 11.1 Å². The quantitative estimate of drug-likeness (QED) is 0.675. The van der Waals surface area contributed by atoms with Crippen molar-refractivity contribution < 1.29 is 13.2 Å². The molecule has 0 spiro atoms. The Balaban J connectivity index is 2.48. The van der Waals surface area contributed by atoms with Crippen molar-refractivity contribution in [3.8, 4) is 0 Å². The molecule has 0 bridgehead atoms. The predicted molar refractivity (Wildman–Crippen MR) is 73.4 cm³/mol. The Morgan fingerprint density at radius 2 is 1.85 bits per heavy atom. The van der Waals surface area contributed by atoms with E-state index in [9.17, 15) is 13.2 Å². The summed E-state index contributed by atoms with van der Waals surface area (Å²) in [5.41, 5.74) is 6.67. The van der Waals surface area contributed by atoms with Crippen LogP contribution in [0.3, 0.4) is 0 Å². The summed E-state index contributed by atoms with van der Waals surface area (Å²) in [7, 11) is 1.62. The summed E-state index contributed by atoms with van der Waals surface area (Å²) < 4.78 is 40.7. The average Bonchev–Trinajstić information content (AvgIpc) is 2.61. The van der Waals surface area contributed by atoms with Crippen LogP contribution in [0.4, 0.5) is 24.7 Å². The molecule has 4 nitrogen and oxygen atoms in total. The van der Waals surface area contributed by atoms with Gasteiger partial charge >= 0.3 is 0 Å². The third-order valence-electron chi connectivity index (χ3n) is 2.72. The number of nitrogens with one attached hydrogen (secondary N) is 1. The van der Waals surface area contributed by atoms with Gasteiger partial charge in [-0.2, -0.15) is 5.10 Å². The standard InChI is InChI=1S/C12H11F3N4S/c1-5-9(11(16)20)12(19(2)18-5)17-6-3-7(13)10(15)8(14)4-6/h3-4,17H,1-2H3,(H2,16,20). The molecule has 0 aliphatic heterocycles. The van der Waals surface area contributed by atoms with Crippen LogP contribution in [0.15, 0.2) is 12.1 Å². The molecule has 0 saturated heterocycles. The molecule has 0 amide bonds. The summed E-state index contributed by atoms with van der Waals surface area (Å²) >= 11 is 4.92. The lowest BCUT2D eigenvalue weighted by atomic mass is 10.2. The van der Waals surface area contributed by atoms with Crippen LogP contribution in [-0.2, 0) is 7.05 Å². The Bertz CT molecular complexity index is 673. The van der Waals surface area contributed by atoms with Gasteiger partial charge in [-0.3, -0.25) is 4.68 Å². The van der Waals surface area contributed by atoms with Crippen molar-refractivity contribution in [1.82, 2.24) is 9.78 Å². The molecule has 2 aromatic rings.